The zero-order chi connectivity index (χ0) is 8.57. The smallest absolute Gasteiger partial charge is 0.242 e. The first-order chi connectivity index (χ1) is 4.56. The summed E-state index contributed by atoms with van der Waals surface area (Å²) in [5.41, 5.74) is 0.0648. The van der Waals surface area contributed by atoms with Gasteiger partial charge in [-0.1, -0.05) is 26.0 Å². The standard InChI is InChI=1S/C4H5O2.C3H10Si/c1-3(2)4(5)6;1-2-3-4/h1H2,2H3;2-3H2,1,4H3. The lowest BCUT2D eigenvalue weighted by Crippen LogP contribution is -1.89. The molecule has 0 aliphatic heterocycles. The minimum absolute atomic E-state index is 0.0648. The highest BCUT2D eigenvalue weighted by Gasteiger charge is 1.94. The van der Waals surface area contributed by atoms with Crippen LogP contribution in [0.2, 0.25) is 6.04 Å². The molecule has 0 unspecified atom stereocenters. The van der Waals surface area contributed by atoms with Gasteiger partial charge in [-0.3, -0.25) is 0 Å². The van der Waals surface area contributed by atoms with Crippen LogP contribution in [0, 0.1) is 0 Å². The van der Waals surface area contributed by atoms with Crippen LogP contribution in [-0.4, -0.2) is 16.2 Å². The van der Waals surface area contributed by atoms with E-state index in [9.17, 15) is 9.90 Å². The molecule has 0 rings (SSSR count). The summed E-state index contributed by atoms with van der Waals surface area (Å²) in [5.74, 6) is -1.19. The molecule has 0 saturated carbocycles. The second-order valence-corrected chi connectivity index (χ2v) is 3.07. The second kappa shape index (κ2) is 8.43. The van der Waals surface area contributed by atoms with E-state index in [0.717, 1.165) is 0 Å². The first-order valence-corrected chi connectivity index (χ1v) is 4.84. The van der Waals surface area contributed by atoms with Gasteiger partial charge in [0.15, 0.2) is 0 Å². The molecular weight excluding hydrogens is 144 g/mol. The summed E-state index contributed by atoms with van der Waals surface area (Å²) in [4.78, 5) is 9.49. The van der Waals surface area contributed by atoms with Crippen molar-refractivity contribution in [3.05, 3.63) is 12.2 Å². The fourth-order valence-corrected chi connectivity index (χ4v) is 0. The van der Waals surface area contributed by atoms with Gasteiger partial charge >= 0.3 is 5.97 Å². The normalized spacial score (nSPS) is 7.80. The molecule has 0 aromatic rings. The lowest BCUT2D eigenvalue weighted by Gasteiger charge is -1.74. The Morgan fingerprint density at radius 2 is 1.80 bits per heavy atom. The molecular formula is C7H15O2Si. The summed E-state index contributed by atoms with van der Waals surface area (Å²) in [5, 5.41) is 9.49. The Morgan fingerprint density at radius 3 is 1.80 bits per heavy atom. The average molecular weight is 159 g/mol. The molecule has 0 aromatic carbocycles. The van der Waals surface area contributed by atoms with Crippen molar-refractivity contribution >= 4 is 16.2 Å². The van der Waals surface area contributed by atoms with Crippen molar-refractivity contribution in [1.29, 1.82) is 0 Å². The first kappa shape index (κ1) is 12.1. The van der Waals surface area contributed by atoms with Crippen molar-refractivity contribution in [1.82, 2.24) is 0 Å². The van der Waals surface area contributed by atoms with Gasteiger partial charge < -0.3 is 0 Å². The van der Waals surface area contributed by atoms with Gasteiger partial charge in [-0.15, -0.1) is 0 Å². The van der Waals surface area contributed by atoms with Gasteiger partial charge in [-0.2, -0.15) is 0 Å². The largest absolute Gasteiger partial charge is 0.381 e. The van der Waals surface area contributed by atoms with Crippen LogP contribution in [0.5, 0.6) is 0 Å². The minimum atomic E-state index is -1.19. The number of carbonyl (C=O) groups excluding carboxylic acids is 1. The topological polar surface area (TPSA) is 37.0 Å². The van der Waals surface area contributed by atoms with Crippen molar-refractivity contribution in [2.24, 2.45) is 0 Å². The quantitative estimate of drug-likeness (QED) is 0.431. The minimum Gasteiger partial charge on any atom is -0.242 e. The maximum absolute atomic E-state index is 9.49. The molecule has 0 fully saturated rings. The van der Waals surface area contributed by atoms with Gasteiger partial charge in [0.25, 0.3) is 0 Å². The van der Waals surface area contributed by atoms with E-state index in [-0.39, 0.29) is 5.57 Å². The molecule has 3 heteroatoms. The summed E-state index contributed by atoms with van der Waals surface area (Å²) in [7, 11) is 1.39. The predicted molar refractivity (Wildman–Crippen MR) is 45.5 cm³/mol. The number of hydrogen-bond acceptors (Lipinski definition) is 1. The molecule has 2 nitrogen and oxygen atoms in total. The van der Waals surface area contributed by atoms with Crippen LogP contribution >= 0.6 is 0 Å². The Labute approximate surface area is 65.4 Å². The zero-order valence-corrected chi connectivity index (χ0v) is 8.94. The Balaban J connectivity index is 0. The molecule has 0 saturated heterocycles. The first-order valence-electron chi connectivity index (χ1n) is 3.43. The molecule has 0 amide bonds. The lowest BCUT2D eigenvalue weighted by molar-refractivity contribution is -0.138. The van der Waals surface area contributed by atoms with E-state index in [1.807, 2.05) is 0 Å². The van der Waals surface area contributed by atoms with E-state index in [1.54, 1.807) is 0 Å². The molecule has 0 heterocycles. The number of rotatable bonds is 2. The highest BCUT2D eigenvalue weighted by Crippen LogP contribution is 1.82. The molecule has 1 radical (unpaired) electrons. The van der Waals surface area contributed by atoms with Gasteiger partial charge in [0.05, 0.1) is 0 Å². The van der Waals surface area contributed by atoms with Crippen molar-refractivity contribution in [3.63, 3.8) is 0 Å². The summed E-state index contributed by atoms with van der Waals surface area (Å²) in [6.45, 7) is 6.69. The molecule has 59 valence electrons. The van der Waals surface area contributed by atoms with E-state index < -0.39 is 5.97 Å². The predicted octanol–water partition coefficient (Wildman–Crippen LogP) is 0.700. The van der Waals surface area contributed by atoms with Crippen LogP contribution in [-0.2, 0) is 9.90 Å². The lowest BCUT2D eigenvalue weighted by atomic mass is 10.4. The monoisotopic (exact) mass is 159 g/mol. The van der Waals surface area contributed by atoms with Crippen LogP contribution < -0.4 is 0 Å². The zero-order valence-electron chi connectivity index (χ0n) is 6.94. The third-order valence-electron chi connectivity index (χ3n) is 0.848. The third kappa shape index (κ3) is 15.7. The number of carbonyl (C=O) groups is 1. The van der Waals surface area contributed by atoms with Crippen molar-refractivity contribution in [3.8, 4) is 0 Å². The second-order valence-electron chi connectivity index (χ2n) is 2.07. The molecule has 10 heavy (non-hydrogen) atoms. The van der Waals surface area contributed by atoms with Gasteiger partial charge in [0, 0.05) is 15.8 Å². The maximum Gasteiger partial charge on any atom is 0.381 e. The molecule has 0 bridgehead atoms. The molecule has 0 atom stereocenters. The van der Waals surface area contributed by atoms with Crippen molar-refractivity contribution < 1.29 is 9.90 Å². The van der Waals surface area contributed by atoms with E-state index in [0.29, 0.717) is 0 Å². The summed E-state index contributed by atoms with van der Waals surface area (Å²) in [6.07, 6.45) is 1.38. The molecule has 0 aliphatic carbocycles. The van der Waals surface area contributed by atoms with Crippen LogP contribution in [0.4, 0.5) is 0 Å². The van der Waals surface area contributed by atoms with Gasteiger partial charge in [0.1, 0.15) is 0 Å². The van der Waals surface area contributed by atoms with Gasteiger partial charge in [0.2, 0.25) is 0 Å². The number of hydrogen-bond donors (Lipinski definition) is 0. The van der Waals surface area contributed by atoms with Crippen LogP contribution in [0.1, 0.15) is 20.3 Å². The Morgan fingerprint density at radius 1 is 1.60 bits per heavy atom. The van der Waals surface area contributed by atoms with E-state index >= 15 is 0 Å². The Hall–Kier alpha value is -0.573. The van der Waals surface area contributed by atoms with Gasteiger partial charge in [-0.05, 0) is 6.92 Å². The van der Waals surface area contributed by atoms with Crippen LogP contribution in [0.3, 0.4) is 0 Å². The third-order valence-corrected chi connectivity index (χ3v) is 1.85. The Bertz CT molecular complexity index is 96.2. The molecule has 0 aliphatic rings. The maximum atomic E-state index is 9.49. The van der Waals surface area contributed by atoms with Crippen molar-refractivity contribution in [2.45, 2.75) is 26.3 Å². The highest BCUT2D eigenvalue weighted by atomic mass is 28.1. The summed E-state index contributed by atoms with van der Waals surface area (Å²) >= 11 is 0. The molecule has 0 aromatic heterocycles. The average Bonchev–Trinajstić information content (AvgIpc) is 1.89. The van der Waals surface area contributed by atoms with Gasteiger partial charge in [-0.25, -0.2) is 9.90 Å². The van der Waals surface area contributed by atoms with Crippen LogP contribution in [0.25, 0.3) is 0 Å². The van der Waals surface area contributed by atoms with Crippen LogP contribution in [0.15, 0.2) is 12.2 Å². The SMILES string of the molecule is C=C(C)C([O])=O.CCC[SiH3]. The molecule has 0 N–H and O–H groups in total. The summed E-state index contributed by atoms with van der Waals surface area (Å²) in [6, 6.07) is 1.46. The fourth-order valence-electron chi connectivity index (χ4n) is 0. The van der Waals surface area contributed by atoms with E-state index in [4.69, 9.17) is 0 Å². The fraction of sp³-hybridized carbons (Fsp3) is 0.571. The van der Waals surface area contributed by atoms with E-state index in [2.05, 4.69) is 13.5 Å². The summed E-state index contributed by atoms with van der Waals surface area (Å²) < 4.78 is 0. The van der Waals surface area contributed by atoms with E-state index in [1.165, 1.54) is 29.6 Å². The highest BCUT2D eigenvalue weighted by molar-refractivity contribution is 6.08. The van der Waals surface area contributed by atoms with Crippen molar-refractivity contribution in [2.75, 3.05) is 0 Å². The Kier molecular flexibility index (Phi) is 10.2. The molecule has 0 spiro atoms.